The average molecular weight is 388 g/mol. The van der Waals surface area contributed by atoms with Crippen molar-refractivity contribution in [3.8, 4) is 0 Å². The Morgan fingerprint density at radius 1 is 1.30 bits per heavy atom. The Kier molecular flexibility index (Phi) is 6.95. The van der Waals surface area contributed by atoms with Gasteiger partial charge in [-0.05, 0) is 32.0 Å². The summed E-state index contributed by atoms with van der Waals surface area (Å²) in [6.07, 6.45) is 1.75. The molecule has 142 valence electrons. The molecule has 0 saturated heterocycles. The van der Waals surface area contributed by atoms with Crippen molar-refractivity contribution in [1.82, 2.24) is 4.57 Å². The molecule has 1 heterocycles. The van der Waals surface area contributed by atoms with Gasteiger partial charge in [-0.3, -0.25) is 19.7 Å². The molecule has 0 amide bonds. The van der Waals surface area contributed by atoms with Crippen LogP contribution < -0.4 is 0 Å². The number of aromatic nitrogens is 1. The smallest absolute Gasteiger partial charge is 0.316 e. The molecule has 0 N–H and O–H groups in total. The maximum atomic E-state index is 12.3. The Hall–Kier alpha value is -2.87. The van der Waals surface area contributed by atoms with E-state index in [0.29, 0.717) is 17.0 Å². The molecule has 0 atom stereocenters. The molecule has 2 rings (SSSR count). The summed E-state index contributed by atoms with van der Waals surface area (Å²) in [6.45, 7) is 7.73. The number of allylic oxidation sites excluding steroid dienone is 1. The molecule has 0 aliphatic heterocycles. The van der Waals surface area contributed by atoms with Crippen molar-refractivity contribution in [2.24, 2.45) is 0 Å². The lowest BCUT2D eigenvalue weighted by Crippen LogP contribution is -2.16. The van der Waals surface area contributed by atoms with Crippen LogP contribution in [0.1, 0.15) is 21.7 Å². The number of nitrogens with zero attached hydrogens (tertiary/aromatic N) is 2. The number of esters is 1. The molecular formula is C19H20N2O5S. The Balaban J connectivity index is 1.86. The summed E-state index contributed by atoms with van der Waals surface area (Å²) in [5.74, 6) is -0.765. The van der Waals surface area contributed by atoms with Gasteiger partial charge < -0.3 is 9.30 Å². The van der Waals surface area contributed by atoms with Gasteiger partial charge in [0.2, 0.25) is 5.78 Å². The van der Waals surface area contributed by atoms with Crippen molar-refractivity contribution in [2.45, 2.75) is 25.3 Å². The number of nitro groups is 1. The number of hydrogen-bond donors (Lipinski definition) is 0. The third kappa shape index (κ3) is 5.30. The molecule has 27 heavy (non-hydrogen) atoms. The van der Waals surface area contributed by atoms with Crippen LogP contribution in [0.3, 0.4) is 0 Å². The number of ether oxygens (including phenoxy) is 1. The van der Waals surface area contributed by atoms with Gasteiger partial charge in [0.25, 0.3) is 5.69 Å². The predicted molar refractivity (Wildman–Crippen MR) is 103 cm³/mol. The lowest BCUT2D eigenvalue weighted by molar-refractivity contribution is -0.384. The maximum Gasteiger partial charge on any atom is 0.316 e. The van der Waals surface area contributed by atoms with E-state index in [0.717, 1.165) is 11.4 Å². The minimum Gasteiger partial charge on any atom is -0.457 e. The number of thioether (sulfide) groups is 1. The van der Waals surface area contributed by atoms with Crippen LogP contribution in [-0.4, -0.2) is 33.6 Å². The lowest BCUT2D eigenvalue weighted by Gasteiger charge is -2.07. The summed E-state index contributed by atoms with van der Waals surface area (Å²) in [5, 5.41) is 10.6. The first-order chi connectivity index (χ1) is 12.8. The van der Waals surface area contributed by atoms with Crippen molar-refractivity contribution >= 4 is 29.2 Å². The quantitative estimate of drug-likeness (QED) is 0.162. The third-order valence-electron chi connectivity index (χ3n) is 3.95. The Morgan fingerprint density at radius 3 is 2.56 bits per heavy atom. The number of rotatable bonds is 9. The van der Waals surface area contributed by atoms with Gasteiger partial charge >= 0.3 is 5.97 Å². The molecule has 1 aromatic carbocycles. The third-order valence-corrected chi connectivity index (χ3v) is 4.94. The fourth-order valence-corrected chi connectivity index (χ4v) is 3.26. The van der Waals surface area contributed by atoms with E-state index in [4.69, 9.17) is 4.74 Å². The molecule has 0 unspecified atom stereocenters. The number of Topliss-reactive ketones (excluding diaryl/α,β-unsaturated/α-hetero) is 1. The zero-order chi connectivity index (χ0) is 20.0. The Labute approximate surface area is 161 Å². The van der Waals surface area contributed by atoms with Gasteiger partial charge in [-0.1, -0.05) is 6.08 Å². The highest BCUT2D eigenvalue weighted by atomic mass is 32.2. The Bertz CT molecular complexity index is 871. The number of hydrogen-bond acceptors (Lipinski definition) is 6. The zero-order valence-electron chi connectivity index (χ0n) is 15.1. The molecule has 0 spiro atoms. The van der Waals surface area contributed by atoms with Crippen LogP contribution in [0.5, 0.6) is 0 Å². The number of ketones is 1. The van der Waals surface area contributed by atoms with E-state index in [1.165, 1.54) is 23.9 Å². The SMILES string of the molecule is C=CCn1c(C)cc(C(=O)COC(=O)CSc2ccc([N+](=O)[O-])cc2)c1C. The number of nitro benzene ring substituents is 1. The van der Waals surface area contributed by atoms with E-state index >= 15 is 0 Å². The van der Waals surface area contributed by atoms with Crippen molar-refractivity contribution in [1.29, 1.82) is 0 Å². The number of aryl methyl sites for hydroxylation is 1. The largest absolute Gasteiger partial charge is 0.457 e. The van der Waals surface area contributed by atoms with Crippen LogP contribution in [0, 0.1) is 24.0 Å². The zero-order valence-corrected chi connectivity index (χ0v) is 16.0. The minimum atomic E-state index is -0.522. The van der Waals surface area contributed by atoms with Crippen molar-refractivity contribution < 1.29 is 19.2 Å². The van der Waals surface area contributed by atoms with Crippen molar-refractivity contribution in [3.63, 3.8) is 0 Å². The molecule has 2 aromatic rings. The summed E-state index contributed by atoms with van der Waals surface area (Å²) >= 11 is 1.19. The van der Waals surface area contributed by atoms with E-state index in [1.54, 1.807) is 24.3 Å². The number of non-ortho nitro benzene ring substituents is 1. The van der Waals surface area contributed by atoms with Gasteiger partial charge in [0.1, 0.15) is 0 Å². The highest BCUT2D eigenvalue weighted by molar-refractivity contribution is 8.00. The van der Waals surface area contributed by atoms with Crippen LogP contribution in [0.15, 0.2) is 47.9 Å². The van der Waals surface area contributed by atoms with E-state index in [2.05, 4.69) is 6.58 Å². The monoisotopic (exact) mass is 388 g/mol. The van der Waals surface area contributed by atoms with E-state index < -0.39 is 10.9 Å². The molecule has 7 nitrogen and oxygen atoms in total. The fourth-order valence-electron chi connectivity index (χ4n) is 2.57. The normalized spacial score (nSPS) is 10.4. The van der Waals surface area contributed by atoms with E-state index in [1.807, 2.05) is 18.4 Å². The van der Waals surface area contributed by atoms with Crippen molar-refractivity contribution in [2.75, 3.05) is 12.4 Å². The molecule has 0 radical (unpaired) electrons. The molecule has 0 saturated carbocycles. The highest BCUT2D eigenvalue weighted by Crippen LogP contribution is 2.21. The number of carbonyl (C=O) groups is 2. The average Bonchev–Trinajstić information content (AvgIpc) is 2.93. The molecule has 0 aliphatic rings. The van der Waals surface area contributed by atoms with Crippen LogP contribution in [0.2, 0.25) is 0 Å². The second kappa shape index (κ2) is 9.18. The van der Waals surface area contributed by atoms with Crippen LogP contribution in [-0.2, 0) is 16.1 Å². The van der Waals surface area contributed by atoms with Gasteiger partial charge in [-0.15, -0.1) is 18.3 Å². The molecule has 0 bridgehead atoms. The van der Waals surface area contributed by atoms with Gasteiger partial charge in [0.05, 0.1) is 10.7 Å². The predicted octanol–water partition coefficient (Wildman–Crippen LogP) is 3.72. The van der Waals surface area contributed by atoms with Crippen LogP contribution >= 0.6 is 11.8 Å². The standard InChI is InChI=1S/C19H20N2O5S/c1-4-9-20-13(2)10-17(14(20)3)18(22)11-26-19(23)12-27-16-7-5-15(6-8-16)21(24)25/h4-8,10H,1,9,11-12H2,2-3H3. The van der Waals surface area contributed by atoms with E-state index in [-0.39, 0.29) is 23.8 Å². The number of benzene rings is 1. The Morgan fingerprint density at radius 2 is 1.96 bits per heavy atom. The van der Waals surface area contributed by atoms with Crippen LogP contribution in [0.25, 0.3) is 0 Å². The molecule has 0 fully saturated rings. The first-order valence-corrected chi connectivity index (χ1v) is 9.15. The summed E-state index contributed by atoms with van der Waals surface area (Å²) in [7, 11) is 0. The minimum absolute atomic E-state index is 0.0124. The molecular weight excluding hydrogens is 368 g/mol. The summed E-state index contributed by atoms with van der Waals surface area (Å²) in [6, 6.07) is 7.65. The molecule has 0 aliphatic carbocycles. The second-order valence-corrected chi connectivity index (χ2v) is 6.86. The second-order valence-electron chi connectivity index (χ2n) is 5.81. The van der Waals surface area contributed by atoms with Crippen molar-refractivity contribution in [3.05, 3.63) is 70.1 Å². The summed E-state index contributed by atoms with van der Waals surface area (Å²) in [5.41, 5.74) is 2.27. The van der Waals surface area contributed by atoms with Crippen LogP contribution in [0.4, 0.5) is 5.69 Å². The van der Waals surface area contributed by atoms with Gasteiger partial charge in [-0.2, -0.15) is 0 Å². The van der Waals surface area contributed by atoms with Gasteiger partial charge in [0.15, 0.2) is 6.61 Å². The fraction of sp³-hybridized carbons (Fsp3) is 0.263. The maximum absolute atomic E-state index is 12.3. The first-order valence-electron chi connectivity index (χ1n) is 8.17. The summed E-state index contributed by atoms with van der Waals surface area (Å²) in [4.78, 5) is 35.0. The topological polar surface area (TPSA) is 91.4 Å². The molecule has 8 heteroatoms. The van der Waals surface area contributed by atoms with Gasteiger partial charge in [0, 0.05) is 40.5 Å². The first kappa shape index (κ1) is 20.4. The highest BCUT2D eigenvalue weighted by Gasteiger charge is 2.17. The lowest BCUT2D eigenvalue weighted by atomic mass is 10.1. The molecule has 1 aromatic heterocycles. The van der Waals surface area contributed by atoms with Gasteiger partial charge in [-0.25, -0.2) is 0 Å². The summed E-state index contributed by atoms with van der Waals surface area (Å²) < 4.78 is 7.02. The van der Waals surface area contributed by atoms with E-state index in [9.17, 15) is 19.7 Å². The number of carbonyl (C=O) groups excluding carboxylic acids is 2.